The van der Waals surface area contributed by atoms with E-state index in [1.165, 1.54) is 0 Å². The molecule has 0 unspecified atom stereocenters. The molecule has 0 aliphatic rings. The third-order valence-corrected chi connectivity index (χ3v) is 3.71. The molecule has 2 heterocycles. The SMILES string of the molecule is Cc1noc(CCNC(=O)CCCc2nc3ccccc3c(=O)[nH]2)n1. The highest BCUT2D eigenvalue weighted by Gasteiger charge is 2.07. The molecule has 1 amide bonds. The summed E-state index contributed by atoms with van der Waals surface area (Å²) in [5.74, 6) is 1.63. The fourth-order valence-electron chi connectivity index (χ4n) is 2.51. The Balaban J connectivity index is 1.44. The van der Waals surface area contributed by atoms with Gasteiger partial charge >= 0.3 is 0 Å². The average molecular weight is 341 g/mol. The van der Waals surface area contributed by atoms with E-state index in [-0.39, 0.29) is 11.5 Å². The Morgan fingerprint density at radius 2 is 2.08 bits per heavy atom. The second-order valence-corrected chi connectivity index (χ2v) is 5.72. The number of hydrogen-bond donors (Lipinski definition) is 2. The van der Waals surface area contributed by atoms with Crippen LogP contribution in [0.4, 0.5) is 0 Å². The second-order valence-electron chi connectivity index (χ2n) is 5.72. The molecule has 0 spiro atoms. The molecular formula is C17H19N5O3. The zero-order chi connectivity index (χ0) is 17.6. The first-order valence-corrected chi connectivity index (χ1v) is 8.15. The standard InChI is InChI=1S/C17H19N5O3/c1-11-19-16(25-22-11)9-10-18-15(23)8-4-7-14-20-13-6-3-2-5-12(13)17(24)21-14/h2-3,5-6H,4,7-10H2,1H3,(H,18,23)(H,20,21,24). The zero-order valence-corrected chi connectivity index (χ0v) is 13.9. The second kappa shape index (κ2) is 7.69. The lowest BCUT2D eigenvalue weighted by Crippen LogP contribution is -2.25. The first kappa shape index (κ1) is 16.8. The number of benzene rings is 1. The number of carbonyl (C=O) groups excluding carboxylic acids is 1. The Hall–Kier alpha value is -3.03. The van der Waals surface area contributed by atoms with E-state index in [4.69, 9.17) is 4.52 Å². The fraction of sp³-hybridized carbons (Fsp3) is 0.353. The summed E-state index contributed by atoms with van der Waals surface area (Å²) < 4.78 is 4.98. The molecule has 8 nitrogen and oxygen atoms in total. The lowest BCUT2D eigenvalue weighted by atomic mass is 10.2. The Morgan fingerprint density at radius 3 is 2.88 bits per heavy atom. The van der Waals surface area contributed by atoms with Crippen molar-refractivity contribution in [1.82, 2.24) is 25.4 Å². The fourth-order valence-corrected chi connectivity index (χ4v) is 2.51. The number of fused-ring (bicyclic) bond motifs is 1. The molecule has 0 fully saturated rings. The van der Waals surface area contributed by atoms with Crippen molar-refractivity contribution in [3.05, 3.63) is 52.2 Å². The molecule has 0 radical (unpaired) electrons. The minimum atomic E-state index is -0.153. The van der Waals surface area contributed by atoms with Gasteiger partial charge in [-0.15, -0.1) is 0 Å². The number of hydrogen-bond acceptors (Lipinski definition) is 6. The van der Waals surface area contributed by atoms with Crippen molar-refractivity contribution in [1.29, 1.82) is 0 Å². The Labute approximate surface area is 143 Å². The third kappa shape index (κ3) is 4.50. The number of amides is 1. The quantitative estimate of drug-likeness (QED) is 0.669. The maximum absolute atomic E-state index is 12.0. The number of aromatic amines is 1. The van der Waals surface area contributed by atoms with E-state index in [1.54, 1.807) is 25.1 Å². The van der Waals surface area contributed by atoms with Crippen LogP contribution in [0.25, 0.3) is 10.9 Å². The number of para-hydroxylation sites is 1. The van der Waals surface area contributed by atoms with E-state index in [0.29, 0.717) is 60.7 Å². The molecule has 130 valence electrons. The first-order chi connectivity index (χ1) is 12.1. The van der Waals surface area contributed by atoms with Gasteiger partial charge in [0.2, 0.25) is 11.8 Å². The van der Waals surface area contributed by atoms with Gasteiger partial charge in [0, 0.05) is 25.8 Å². The van der Waals surface area contributed by atoms with Crippen molar-refractivity contribution in [2.24, 2.45) is 0 Å². The smallest absolute Gasteiger partial charge is 0.258 e. The van der Waals surface area contributed by atoms with Crippen LogP contribution in [0.2, 0.25) is 0 Å². The number of rotatable bonds is 7. The van der Waals surface area contributed by atoms with Crippen LogP contribution in [-0.2, 0) is 17.6 Å². The van der Waals surface area contributed by atoms with Crippen LogP contribution < -0.4 is 10.9 Å². The third-order valence-electron chi connectivity index (χ3n) is 3.71. The van der Waals surface area contributed by atoms with E-state index in [2.05, 4.69) is 25.4 Å². The molecule has 8 heteroatoms. The summed E-state index contributed by atoms with van der Waals surface area (Å²) >= 11 is 0. The van der Waals surface area contributed by atoms with Gasteiger partial charge in [-0.1, -0.05) is 17.3 Å². The zero-order valence-electron chi connectivity index (χ0n) is 13.9. The minimum Gasteiger partial charge on any atom is -0.356 e. The summed E-state index contributed by atoms with van der Waals surface area (Å²) in [5.41, 5.74) is 0.514. The molecule has 0 atom stereocenters. The van der Waals surface area contributed by atoms with E-state index in [0.717, 1.165) is 0 Å². The molecule has 3 aromatic rings. The number of carbonyl (C=O) groups is 1. The highest BCUT2D eigenvalue weighted by atomic mass is 16.5. The van der Waals surface area contributed by atoms with Crippen LogP contribution in [0.5, 0.6) is 0 Å². The molecule has 25 heavy (non-hydrogen) atoms. The molecule has 2 aromatic heterocycles. The molecule has 0 bridgehead atoms. The molecule has 0 aliphatic carbocycles. The maximum atomic E-state index is 12.0. The van der Waals surface area contributed by atoms with Gasteiger partial charge in [0.25, 0.3) is 5.56 Å². The van der Waals surface area contributed by atoms with Crippen LogP contribution in [0.3, 0.4) is 0 Å². The molecule has 0 aliphatic heterocycles. The van der Waals surface area contributed by atoms with Crippen molar-refractivity contribution < 1.29 is 9.32 Å². The van der Waals surface area contributed by atoms with Gasteiger partial charge in [-0.3, -0.25) is 9.59 Å². The number of aromatic nitrogens is 4. The maximum Gasteiger partial charge on any atom is 0.258 e. The van der Waals surface area contributed by atoms with Crippen molar-refractivity contribution >= 4 is 16.8 Å². The lowest BCUT2D eigenvalue weighted by Gasteiger charge is -2.04. The topological polar surface area (TPSA) is 114 Å². The van der Waals surface area contributed by atoms with E-state index < -0.39 is 0 Å². The highest BCUT2D eigenvalue weighted by molar-refractivity contribution is 5.77. The van der Waals surface area contributed by atoms with Gasteiger partial charge in [-0.2, -0.15) is 4.98 Å². The highest BCUT2D eigenvalue weighted by Crippen LogP contribution is 2.07. The summed E-state index contributed by atoms with van der Waals surface area (Å²) in [6.45, 7) is 2.20. The average Bonchev–Trinajstić information content (AvgIpc) is 3.00. The van der Waals surface area contributed by atoms with Crippen LogP contribution in [0, 0.1) is 6.92 Å². The summed E-state index contributed by atoms with van der Waals surface area (Å²) in [4.78, 5) is 35.1. The van der Waals surface area contributed by atoms with E-state index >= 15 is 0 Å². The molecular weight excluding hydrogens is 322 g/mol. The van der Waals surface area contributed by atoms with Crippen LogP contribution in [0.1, 0.15) is 30.4 Å². The first-order valence-electron chi connectivity index (χ1n) is 8.15. The van der Waals surface area contributed by atoms with Gasteiger partial charge in [0.1, 0.15) is 5.82 Å². The van der Waals surface area contributed by atoms with Crippen LogP contribution in [-0.4, -0.2) is 32.6 Å². The van der Waals surface area contributed by atoms with E-state index in [1.807, 2.05) is 6.07 Å². The number of nitrogens with one attached hydrogen (secondary N) is 2. The van der Waals surface area contributed by atoms with Gasteiger partial charge in [0.15, 0.2) is 5.82 Å². The predicted octanol–water partition coefficient (Wildman–Crippen LogP) is 1.30. The largest absolute Gasteiger partial charge is 0.356 e. The molecule has 1 aromatic carbocycles. The van der Waals surface area contributed by atoms with Crippen LogP contribution >= 0.6 is 0 Å². The Bertz CT molecular complexity index is 931. The van der Waals surface area contributed by atoms with Gasteiger partial charge < -0.3 is 14.8 Å². The van der Waals surface area contributed by atoms with Crippen molar-refractivity contribution in [3.8, 4) is 0 Å². The molecule has 2 N–H and O–H groups in total. The summed E-state index contributed by atoms with van der Waals surface area (Å²) in [5, 5.41) is 7.07. The Morgan fingerprint density at radius 1 is 1.24 bits per heavy atom. The minimum absolute atomic E-state index is 0.0561. The van der Waals surface area contributed by atoms with Crippen molar-refractivity contribution in [2.75, 3.05) is 6.54 Å². The number of H-pyrrole nitrogens is 1. The van der Waals surface area contributed by atoms with Gasteiger partial charge in [0.05, 0.1) is 10.9 Å². The lowest BCUT2D eigenvalue weighted by molar-refractivity contribution is -0.121. The molecule has 3 rings (SSSR count). The monoisotopic (exact) mass is 341 g/mol. The Kier molecular flexibility index (Phi) is 5.17. The summed E-state index contributed by atoms with van der Waals surface area (Å²) in [6.07, 6.45) is 2.01. The van der Waals surface area contributed by atoms with Crippen LogP contribution in [0.15, 0.2) is 33.6 Å². The summed E-state index contributed by atoms with van der Waals surface area (Å²) in [6, 6.07) is 7.19. The predicted molar refractivity (Wildman–Crippen MR) is 91.1 cm³/mol. The summed E-state index contributed by atoms with van der Waals surface area (Å²) in [7, 11) is 0. The van der Waals surface area contributed by atoms with Crippen molar-refractivity contribution in [3.63, 3.8) is 0 Å². The molecule has 0 saturated heterocycles. The van der Waals surface area contributed by atoms with E-state index in [9.17, 15) is 9.59 Å². The number of nitrogens with zero attached hydrogens (tertiary/aromatic N) is 3. The molecule has 0 saturated carbocycles. The van der Waals surface area contributed by atoms with Crippen molar-refractivity contribution in [2.45, 2.75) is 32.6 Å². The van der Waals surface area contributed by atoms with Gasteiger partial charge in [-0.25, -0.2) is 4.98 Å². The van der Waals surface area contributed by atoms with Gasteiger partial charge in [-0.05, 0) is 25.5 Å². The normalized spacial score (nSPS) is 10.9. The number of aryl methyl sites for hydroxylation is 2.